The summed E-state index contributed by atoms with van der Waals surface area (Å²) >= 11 is 5.26. The molecule has 0 aromatic heterocycles. The molecule has 0 aromatic rings. The maximum absolute atomic E-state index is 11.0. The van der Waals surface area contributed by atoms with Crippen LogP contribution >= 0.6 is 11.6 Å². The molecule has 2 atom stereocenters. The third-order valence-corrected chi connectivity index (χ3v) is 4.29. The van der Waals surface area contributed by atoms with Crippen LogP contribution in [0.5, 0.6) is 0 Å². The van der Waals surface area contributed by atoms with Gasteiger partial charge in [-0.15, -0.1) is 11.6 Å². The Labute approximate surface area is 84.9 Å². The molecule has 5 heteroatoms. The van der Waals surface area contributed by atoms with E-state index in [1.165, 1.54) is 6.42 Å². The van der Waals surface area contributed by atoms with Crippen molar-refractivity contribution in [3.05, 3.63) is 0 Å². The van der Waals surface area contributed by atoms with Crippen molar-refractivity contribution in [1.82, 2.24) is 4.72 Å². The quantitative estimate of drug-likeness (QED) is 0.738. The topological polar surface area (TPSA) is 46.2 Å². The number of halogens is 1. The molecular weight excluding hydrogens is 210 g/mol. The van der Waals surface area contributed by atoms with E-state index in [4.69, 9.17) is 11.6 Å². The lowest BCUT2D eigenvalue weighted by molar-refractivity contribution is 0.499. The van der Waals surface area contributed by atoms with Crippen LogP contribution in [0.1, 0.15) is 26.2 Å². The molecule has 1 aliphatic rings. The zero-order valence-corrected chi connectivity index (χ0v) is 9.37. The van der Waals surface area contributed by atoms with Crippen molar-refractivity contribution >= 4 is 21.6 Å². The van der Waals surface area contributed by atoms with Gasteiger partial charge in [0.25, 0.3) is 0 Å². The Bertz CT molecular complexity index is 253. The first-order valence-electron chi connectivity index (χ1n) is 4.57. The van der Waals surface area contributed by atoms with E-state index in [9.17, 15) is 8.42 Å². The van der Waals surface area contributed by atoms with Crippen LogP contribution in [-0.2, 0) is 10.0 Å². The van der Waals surface area contributed by atoms with Crippen LogP contribution in [0.4, 0.5) is 0 Å². The first-order chi connectivity index (χ1) is 6.03. The van der Waals surface area contributed by atoms with Crippen LogP contribution in [0.3, 0.4) is 0 Å². The average Bonchev–Trinajstić information content (AvgIpc) is 2.48. The van der Waals surface area contributed by atoms with Crippen molar-refractivity contribution in [2.75, 3.05) is 11.8 Å². The third-order valence-electron chi connectivity index (χ3n) is 2.54. The van der Waals surface area contributed by atoms with Gasteiger partial charge >= 0.3 is 0 Å². The summed E-state index contributed by atoms with van der Waals surface area (Å²) in [7, 11) is -3.21. The number of hydrogen-bond donors (Lipinski definition) is 1. The predicted molar refractivity (Wildman–Crippen MR) is 54.1 cm³/mol. The van der Waals surface area contributed by atoms with Crippen molar-refractivity contribution < 1.29 is 8.42 Å². The highest BCUT2D eigenvalue weighted by Gasteiger charge is 2.22. The van der Waals surface area contributed by atoms with Crippen LogP contribution < -0.4 is 4.72 Å². The highest BCUT2D eigenvalue weighted by Crippen LogP contribution is 2.29. The molecule has 0 saturated heterocycles. The molecule has 0 heterocycles. The molecule has 1 fully saturated rings. The van der Waals surface area contributed by atoms with Gasteiger partial charge in [0.2, 0.25) is 10.0 Å². The van der Waals surface area contributed by atoms with E-state index < -0.39 is 10.0 Å². The molecule has 0 amide bonds. The molecule has 0 spiro atoms. The lowest BCUT2D eigenvalue weighted by atomic mass is 10.1. The minimum absolute atomic E-state index is 0.338. The maximum atomic E-state index is 11.0. The Morgan fingerprint density at radius 3 is 2.62 bits per heavy atom. The monoisotopic (exact) mass is 225 g/mol. The predicted octanol–water partition coefficient (Wildman–Crippen LogP) is 1.54. The molecule has 78 valence electrons. The van der Waals surface area contributed by atoms with Crippen LogP contribution in [0, 0.1) is 11.8 Å². The molecule has 2 unspecified atom stereocenters. The largest absolute Gasteiger partial charge is 0.225 e. The Morgan fingerprint density at radius 1 is 1.46 bits per heavy atom. The molecule has 1 rings (SSSR count). The number of alkyl halides is 1. The Morgan fingerprint density at radius 2 is 2.15 bits per heavy atom. The molecule has 13 heavy (non-hydrogen) atoms. The van der Waals surface area contributed by atoms with Crippen molar-refractivity contribution in [3.63, 3.8) is 0 Å². The van der Waals surface area contributed by atoms with Crippen molar-refractivity contribution in [2.24, 2.45) is 11.8 Å². The fourth-order valence-electron chi connectivity index (χ4n) is 1.79. The summed E-state index contributed by atoms with van der Waals surface area (Å²) in [5.41, 5.74) is 0. The summed E-state index contributed by atoms with van der Waals surface area (Å²) in [6.07, 6.45) is 3.48. The second-order valence-electron chi connectivity index (χ2n) is 3.86. The summed E-state index contributed by atoms with van der Waals surface area (Å²) in [6.45, 7) is 2.76. The summed E-state index contributed by atoms with van der Waals surface area (Å²) in [6, 6.07) is 0. The van der Waals surface area contributed by atoms with E-state index in [1.54, 1.807) is 0 Å². The number of hydrogen-bond acceptors (Lipinski definition) is 2. The van der Waals surface area contributed by atoms with Crippen LogP contribution in [0.2, 0.25) is 0 Å². The molecule has 0 aliphatic heterocycles. The molecule has 1 saturated carbocycles. The van der Waals surface area contributed by atoms with Gasteiger partial charge in [-0.05, 0) is 24.7 Å². The highest BCUT2D eigenvalue weighted by molar-refractivity contribution is 7.90. The normalized spacial score (nSPS) is 29.4. The lowest BCUT2D eigenvalue weighted by Crippen LogP contribution is -2.29. The average molecular weight is 226 g/mol. The van der Waals surface area contributed by atoms with Gasteiger partial charge in [0.05, 0.1) is 0 Å². The summed E-state index contributed by atoms with van der Waals surface area (Å²) in [5.74, 6) is 1.25. The Balaban J connectivity index is 2.27. The minimum atomic E-state index is -3.21. The van der Waals surface area contributed by atoms with Crippen molar-refractivity contribution in [2.45, 2.75) is 26.2 Å². The molecule has 1 N–H and O–H groups in total. The van der Waals surface area contributed by atoms with E-state index in [2.05, 4.69) is 11.6 Å². The van der Waals surface area contributed by atoms with Crippen LogP contribution in [0.15, 0.2) is 0 Å². The van der Waals surface area contributed by atoms with E-state index in [-0.39, 0.29) is 5.21 Å². The fraction of sp³-hybridized carbons (Fsp3) is 1.00. The molecule has 0 bridgehead atoms. The zero-order chi connectivity index (χ0) is 9.90. The summed E-state index contributed by atoms with van der Waals surface area (Å²) < 4.78 is 24.5. The molecule has 0 radical (unpaired) electrons. The first-order valence-corrected chi connectivity index (χ1v) is 6.75. The van der Waals surface area contributed by atoms with Gasteiger partial charge in [0.1, 0.15) is 5.21 Å². The van der Waals surface area contributed by atoms with Crippen LogP contribution in [-0.4, -0.2) is 20.2 Å². The smallest absolute Gasteiger partial charge is 0.214 e. The SMILES string of the molecule is CC1CCC(CNS(=O)(=O)CCl)C1. The van der Waals surface area contributed by atoms with E-state index >= 15 is 0 Å². The number of sulfonamides is 1. The van der Waals surface area contributed by atoms with Gasteiger partial charge in [-0.3, -0.25) is 0 Å². The van der Waals surface area contributed by atoms with Gasteiger partial charge in [-0.25, -0.2) is 13.1 Å². The maximum Gasteiger partial charge on any atom is 0.225 e. The van der Waals surface area contributed by atoms with Crippen molar-refractivity contribution in [3.8, 4) is 0 Å². The van der Waals surface area contributed by atoms with Gasteiger partial charge in [-0.2, -0.15) is 0 Å². The van der Waals surface area contributed by atoms with E-state index in [0.717, 1.165) is 18.8 Å². The highest BCUT2D eigenvalue weighted by atomic mass is 35.5. The summed E-state index contributed by atoms with van der Waals surface area (Å²) in [4.78, 5) is 0. The minimum Gasteiger partial charge on any atom is -0.214 e. The molecular formula is C8H16ClNO2S. The van der Waals surface area contributed by atoms with Gasteiger partial charge in [0.15, 0.2) is 0 Å². The zero-order valence-electron chi connectivity index (χ0n) is 7.79. The van der Waals surface area contributed by atoms with Gasteiger partial charge < -0.3 is 0 Å². The molecule has 0 aromatic carbocycles. The standard InChI is InChI=1S/C8H16ClNO2S/c1-7-2-3-8(4-7)5-10-13(11,12)6-9/h7-8,10H,2-6H2,1H3. The second kappa shape index (κ2) is 4.62. The van der Waals surface area contributed by atoms with Gasteiger partial charge in [-0.1, -0.05) is 13.3 Å². The van der Waals surface area contributed by atoms with Crippen molar-refractivity contribution in [1.29, 1.82) is 0 Å². The fourth-order valence-corrected chi connectivity index (χ4v) is 2.59. The second-order valence-corrected chi connectivity index (χ2v) is 6.25. The third kappa shape index (κ3) is 3.83. The van der Waals surface area contributed by atoms with E-state index in [0.29, 0.717) is 12.5 Å². The Kier molecular flexibility index (Phi) is 4.01. The number of rotatable bonds is 4. The number of nitrogens with one attached hydrogen (secondary N) is 1. The van der Waals surface area contributed by atoms with E-state index in [1.807, 2.05) is 0 Å². The Hall–Kier alpha value is 0.200. The summed E-state index contributed by atoms with van der Waals surface area (Å²) in [5, 5.41) is -0.338. The molecule has 1 aliphatic carbocycles. The lowest BCUT2D eigenvalue weighted by Gasteiger charge is -2.09. The van der Waals surface area contributed by atoms with Gasteiger partial charge in [0, 0.05) is 6.54 Å². The molecule has 3 nitrogen and oxygen atoms in total. The first kappa shape index (κ1) is 11.3. The van der Waals surface area contributed by atoms with Crippen LogP contribution in [0.25, 0.3) is 0 Å².